The van der Waals surface area contributed by atoms with Gasteiger partial charge in [0.25, 0.3) is 0 Å². The molecular formula is C15H24N4O2. The van der Waals surface area contributed by atoms with Gasteiger partial charge >= 0.3 is 0 Å². The lowest BCUT2D eigenvalue weighted by molar-refractivity contribution is -0.183. The Kier molecular flexibility index (Phi) is 3.75. The largest absolute Gasteiger partial charge is 0.363 e. The summed E-state index contributed by atoms with van der Waals surface area (Å²) in [5.41, 5.74) is -0.166. The zero-order valence-electron chi connectivity index (χ0n) is 13.1. The van der Waals surface area contributed by atoms with Crippen LogP contribution in [0.5, 0.6) is 0 Å². The van der Waals surface area contributed by atoms with E-state index in [9.17, 15) is 4.79 Å². The van der Waals surface area contributed by atoms with E-state index in [1.165, 1.54) is 0 Å². The first-order valence-corrected chi connectivity index (χ1v) is 7.60. The molecule has 3 heterocycles. The SMILES string of the molecule is C[C@H]1N(C)C(=O)COC12CCN(Cc1nccn1C)CC2. The molecule has 0 unspecified atom stereocenters. The number of imidazole rings is 1. The molecule has 2 aliphatic heterocycles. The van der Waals surface area contributed by atoms with Crippen molar-refractivity contribution in [2.24, 2.45) is 7.05 Å². The Morgan fingerprint density at radius 2 is 2.10 bits per heavy atom. The number of morpholine rings is 1. The molecule has 1 amide bonds. The van der Waals surface area contributed by atoms with Gasteiger partial charge < -0.3 is 14.2 Å². The average Bonchev–Trinajstić information content (AvgIpc) is 2.89. The number of amides is 1. The monoisotopic (exact) mass is 292 g/mol. The smallest absolute Gasteiger partial charge is 0.248 e. The van der Waals surface area contributed by atoms with Crippen molar-refractivity contribution in [1.29, 1.82) is 0 Å². The highest BCUT2D eigenvalue weighted by Gasteiger charge is 2.46. The number of ether oxygens (including phenoxy) is 1. The van der Waals surface area contributed by atoms with Gasteiger partial charge in [0, 0.05) is 39.6 Å². The fraction of sp³-hybridized carbons (Fsp3) is 0.733. The molecule has 0 radical (unpaired) electrons. The second kappa shape index (κ2) is 5.42. The van der Waals surface area contributed by atoms with Gasteiger partial charge in [0.05, 0.1) is 18.2 Å². The van der Waals surface area contributed by atoms with E-state index in [1.807, 2.05) is 31.4 Å². The summed E-state index contributed by atoms with van der Waals surface area (Å²) in [6, 6.07) is 0.147. The highest BCUT2D eigenvalue weighted by atomic mass is 16.5. The van der Waals surface area contributed by atoms with E-state index in [-0.39, 0.29) is 24.2 Å². The van der Waals surface area contributed by atoms with Gasteiger partial charge in [0.2, 0.25) is 5.91 Å². The van der Waals surface area contributed by atoms with Crippen LogP contribution in [-0.4, -0.2) is 63.6 Å². The maximum Gasteiger partial charge on any atom is 0.248 e. The molecule has 1 spiro atoms. The van der Waals surface area contributed by atoms with Crippen LogP contribution in [0.25, 0.3) is 0 Å². The lowest BCUT2D eigenvalue weighted by atomic mass is 9.83. The Morgan fingerprint density at radius 1 is 1.38 bits per heavy atom. The lowest BCUT2D eigenvalue weighted by Gasteiger charge is -2.50. The van der Waals surface area contributed by atoms with Crippen LogP contribution in [-0.2, 0) is 23.1 Å². The summed E-state index contributed by atoms with van der Waals surface area (Å²) < 4.78 is 8.04. The molecule has 0 N–H and O–H groups in total. The van der Waals surface area contributed by atoms with Gasteiger partial charge in [-0.2, -0.15) is 0 Å². The molecule has 1 aromatic heterocycles. The van der Waals surface area contributed by atoms with E-state index < -0.39 is 0 Å². The summed E-state index contributed by atoms with van der Waals surface area (Å²) in [5.74, 6) is 1.18. The van der Waals surface area contributed by atoms with E-state index in [1.54, 1.807) is 0 Å². The molecule has 0 aromatic carbocycles. The number of aryl methyl sites for hydroxylation is 1. The number of carbonyl (C=O) groups is 1. The standard InChI is InChI=1S/C15H24N4O2/c1-12-15(21-11-14(20)18(12)3)4-7-19(8-5-15)10-13-16-6-9-17(13)2/h6,9,12H,4-5,7-8,10-11H2,1-3H3/t12-/m1/s1. The normalized spacial score (nSPS) is 26.5. The minimum Gasteiger partial charge on any atom is -0.363 e. The van der Waals surface area contributed by atoms with E-state index in [0.717, 1.165) is 38.3 Å². The summed E-state index contributed by atoms with van der Waals surface area (Å²) in [5, 5.41) is 0. The highest BCUT2D eigenvalue weighted by Crippen LogP contribution is 2.35. The minimum atomic E-state index is -0.166. The maximum absolute atomic E-state index is 11.7. The molecule has 2 saturated heterocycles. The number of rotatable bonds is 2. The molecule has 3 rings (SSSR count). The Labute approximate surface area is 125 Å². The molecule has 1 atom stereocenters. The zero-order chi connectivity index (χ0) is 15.0. The molecule has 2 fully saturated rings. The van der Waals surface area contributed by atoms with Crippen LogP contribution < -0.4 is 0 Å². The van der Waals surface area contributed by atoms with Gasteiger partial charge in [-0.05, 0) is 19.8 Å². The molecule has 6 nitrogen and oxygen atoms in total. The van der Waals surface area contributed by atoms with Crippen molar-refractivity contribution in [1.82, 2.24) is 19.4 Å². The van der Waals surface area contributed by atoms with Crippen LogP contribution in [0.2, 0.25) is 0 Å². The predicted octanol–water partition coefficient (Wildman–Crippen LogP) is 0.632. The van der Waals surface area contributed by atoms with Crippen molar-refractivity contribution in [3.8, 4) is 0 Å². The zero-order valence-corrected chi connectivity index (χ0v) is 13.1. The second-order valence-electron chi connectivity index (χ2n) is 6.26. The molecule has 21 heavy (non-hydrogen) atoms. The van der Waals surface area contributed by atoms with Crippen LogP contribution >= 0.6 is 0 Å². The first kappa shape index (κ1) is 14.5. The molecule has 0 aliphatic carbocycles. The third-order valence-corrected chi connectivity index (χ3v) is 5.21. The number of piperidine rings is 1. The van der Waals surface area contributed by atoms with Crippen LogP contribution in [0.4, 0.5) is 0 Å². The van der Waals surface area contributed by atoms with Crippen molar-refractivity contribution in [2.75, 3.05) is 26.7 Å². The van der Waals surface area contributed by atoms with E-state index >= 15 is 0 Å². The summed E-state index contributed by atoms with van der Waals surface area (Å²) in [6.45, 7) is 5.17. The Bertz CT molecular complexity index is 519. The molecule has 116 valence electrons. The third-order valence-electron chi connectivity index (χ3n) is 5.21. The highest BCUT2D eigenvalue weighted by molar-refractivity contribution is 5.78. The van der Waals surface area contributed by atoms with Gasteiger partial charge in [-0.1, -0.05) is 0 Å². The molecular weight excluding hydrogens is 268 g/mol. The van der Waals surface area contributed by atoms with Crippen molar-refractivity contribution >= 4 is 5.91 Å². The number of aromatic nitrogens is 2. The van der Waals surface area contributed by atoms with Gasteiger partial charge in [0.1, 0.15) is 12.4 Å². The summed E-state index contributed by atoms with van der Waals surface area (Å²) in [7, 11) is 3.91. The van der Waals surface area contributed by atoms with Gasteiger partial charge in [-0.25, -0.2) is 4.98 Å². The number of likely N-dealkylation sites (tertiary alicyclic amines) is 1. The molecule has 2 aliphatic rings. The van der Waals surface area contributed by atoms with Crippen molar-refractivity contribution in [3.05, 3.63) is 18.2 Å². The number of carbonyl (C=O) groups excluding carboxylic acids is 1. The number of hydrogen-bond acceptors (Lipinski definition) is 4. The van der Waals surface area contributed by atoms with Crippen molar-refractivity contribution in [3.63, 3.8) is 0 Å². The molecule has 1 aromatic rings. The molecule has 0 saturated carbocycles. The maximum atomic E-state index is 11.7. The van der Waals surface area contributed by atoms with Crippen molar-refractivity contribution < 1.29 is 9.53 Å². The fourth-order valence-electron chi connectivity index (χ4n) is 3.40. The van der Waals surface area contributed by atoms with Crippen LogP contribution in [0.15, 0.2) is 12.4 Å². The van der Waals surface area contributed by atoms with Crippen molar-refractivity contribution in [2.45, 2.75) is 38.0 Å². The Hall–Kier alpha value is -1.40. The first-order valence-electron chi connectivity index (χ1n) is 7.60. The Morgan fingerprint density at radius 3 is 2.71 bits per heavy atom. The topological polar surface area (TPSA) is 50.6 Å². The minimum absolute atomic E-state index is 0.0866. The van der Waals surface area contributed by atoms with Crippen LogP contribution in [0.1, 0.15) is 25.6 Å². The summed E-state index contributed by atoms with van der Waals surface area (Å²) >= 11 is 0. The van der Waals surface area contributed by atoms with E-state index in [4.69, 9.17) is 4.74 Å². The number of hydrogen-bond donors (Lipinski definition) is 0. The molecule has 6 heteroatoms. The van der Waals surface area contributed by atoms with Gasteiger partial charge in [-0.15, -0.1) is 0 Å². The first-order chi connectivity index (χ1) is 10.0. The van der Waals surface area contributed by atoms with Gasteiger partial charge in [0.15, 0.2) is 0 Å². The van der Waals surface area contributed by atoms with Crippen LogP contribution in [0, 0.1) is 0 Å². The second-order valence-corrected chi connectivity index (χ2v) is 6.26. The number of nitrogens with zero attached hydrogens (tertiary/aromatic N) is 4. The third kappa shape index (κ3) is 2.58. The molecule has 0 bridgehead atoms. The van der Waals surface area contributed by atoms with Gasteiger partial charge in [-0.3, -0.25) is 9.69 Å². The average molecular weight is 292 g/mol. The van der Waals surface area contributed by atoms with Crippen LogP contribution in [0.3, 0.4) is 0 Å². The van der Waals surface area contributed by atoms with E-state index in [2.05, 4.69) is 21.4 Å². The van der Waals surface area contributed by atoms with E-state index in [0.29, 0.717) is 0 Å². The summed E-state index contributed by atoms with van der Waals surface area (Å²) in [6.07, 6.45) is 5.76. The Balaban J connectivity index is 1.62. The number of likely N-dealkylation sites (N-methyl/N-ethyl adjacent to an activating group) is 1. The summed E-state index contributed by atoms with van der Waals surface area (Å²) in [4.78, 5) is 20.4. The lowest BCUT2D eigenvalue weighted by Crippen LogP contribution is -2.62. The quantitative estimate of drug-likeness (QED) is 0.802. The fourth-order valence-corrected chi connectivity index (χ4v) is 3.40. The predicted molar refractivity (Wildman–Crippen MR) is 78.6 cm³/mol.